The minimum Gasteiger partial charge on any atom is -0.321 e. The van der Waals surface area contributed by atoms with Crippen LogP contribution in [0.2, 0.25) is 0 Å². The third-order valence-corrected chi connectivity index (χ3v) is 5.20. The zero-order chi connectivity index (χ0) is 19.3. The fourth-order valence-corrected chi connectivity index (χ4v) is 3.59. The van der Waals surface area contributed by atoms with Gasteiger partial charge < -0.3 is 10.2 Å². The number of nitrogens with one attached hydrogen (secondary N) is 2. The summed E-state index contributed by atoms with van der Waals surface area (Å²) in [5.41, 5.74) is 3.54. The second kappa shape index (κ2) is 8.36. The molecule has 1 atom stereocenters. The van der Waals surface area contributed by atoms with Crippen molar-refractivity contribution in [2.75, 3.05) is 11.9 Å². The van der Waals surface area contributed by atoms with Gasteiger partial charge in [0.15, 0.2) is 6.54 Å². The van der Waals surface area contributed by atoms with Gasteiger partial charge in [0.2, 0.25) is 0 Å². The Labute approximate surface area is 164 Å². The summed E-state index contributed by atoms with van der Waals surface area (Å²) in [6.45, 7) is 0.868. The number of para-hydroxylation sites is 1. The molecule has 0 aliphatic heterocycles. The van der Waals surface area contributed by atoms with Crippen LogP contribution in [0, 0.1) is 5.82 Å². The van der Waals surface area contributed by atoms with Crippen molar-refractivity contribution in [1.82, 2.24) is 0 Å². The molecule has 1 saturated carbocycles. The number of hydrogen-bond donors (Lipinski definition) is 2. The Morgan fingerprint density at radius 3 is 2.36 bits per heavy atom. The summed E-state index contributed by atoms with van der Waals surface area (Å²) in [6, 6.07) is 25.1. The average Bonchev–Trinajstić information content (AvgIpc) is 3.55. The smallest absolute Gasteiger partial charge is 0.279 e. The van der Waals surface area contributed by atoms with E-state index in [1.54, 1.807) is 12.1 Å². The molecule has 0 spiro atoms. The molecule has 1 amide bonds. The third-order valence-electron chi connectivity index (χ3n) is 5.20. The second-order valence-electron chi connectivity index (χ2n) is 7.34. The number of hydrogen-bond acceptors (Lipinski definition) is 1. The highest BCUT2D eigenvalue weighted by atomic mass is 19.1. The van der Waals surface area contributed by atoms with E-state index in [4.69, 9.17) is 0 Å². The molecule has 3 aromatic rings. The van der Waals surface area contributed by atoms with Crippen LogP contribution >= 0.6 is 0 Å². The number of amides is 1. The van der Waals surface area contributed by atoms with E-state index in [9.17, 15) is 9.18 Å². The first-order valence-electron chi connectivity index (χ1n) is 9.73. The molecular formula is C24H24FN2O+. The zero-order valence-electron chi connectivity index (χ0n) is 15.7. The van der Waals surface area contributed by atoms with Gasteiger partial charge in [0.1, 0.15) is 12.4 Å². The van der Waals surface area contributed by atoms with E-state index in [0.29, 0.717) is 24.7 Å². The predicted octanol–water partition coefficient (Wildman–Crippen LogP) is 3.68. The number of anilines is 1. The quantitative estimate of drug-likeness (QED) is 0.649. The summed E-state index contributed by atoms with van der Waals surface area (Å²) >= 11 is 0. The number of carbonyl (C=O) groups excluding carboxylic acids is 1. The minimum atomic E-state index is -0.199. The molecule has 1 unspecified atom stereocenters. The number of quaternary nitrogens is 1. The molecule has 4 rings (SSSR count). The number of halogens is 1. The normalized spacial score (nSPS) is 14.5. The van der Waals surface area contributed by atoms with Crippen molar-refractivity contribution in [1.29, 1.82) is 0 Å². The maximum absolute atomic E-state index is 14.0. The minimum absolute atomic E-state index is 0.0402. The topological polar surface area (TPSA) is 33.5 Å². The van der Waals surface area contributed by atoms with Crippen LogP contribution < -0.4 is 10.2 Å². The maximum atomic E-state index is 14.0. The molecule has 3 aromatic carbocycles. The van der Waals surface area contributed by atoms with Crippen LogP contribution in [0.25, 0.3) is 11.1 Å². The predicted molar refractivity (Wildman–Crippen MR) is 109 cm³/mol. The lowest BCUT2D eigenvalue weighted by molar-refractivity contribution is -0.917. The summed E-state index contributed by atoms with van der Waals surface area (Å²) in [6.07, 6.45) is 2.19. The molecule has 0 heterocycles. The molecule has 1 aliphatic rings. The van der Waals surface area contributed by atoms with Gasteiger partial charge in [0, 0.05) is 29.7 Å². The summed E-state index contributed by atoms with van der Waals surface area (Å²) in [7, 11) is 0. The molecule has 0 bridgehead atoms. The van der Waals surface area contributed by atoms with E-state index < -0.39 is 0 Å². The van der Waals surface area contributed by atoms with Crippen molar-refractivity contribution in [3.05, 3.63) is 90.2 Å². The van der Waals surface area contributed by atoms with Crippen LogP contribution in [-0.4, -0.2) is 18.5 Å². The molecule has 2 N–H and O–H groups in total. The van der Waals surface area contributed by atoms with E-state index in [0.717, 1.165) is 34.6 Å². The molecular weight excluding hydrogens is 351 g/mol. The number of carbonyl (C=O) groups is 1. The van der Waals surface area contributed by atoms with Gasteiger partial charge in [-0.05, 0) is 17.7 Å². The van der Waals surface area contributed by atoms with Crippen molar-refractivity contribution >= 4 is 11.6 Å². The molecule has 0 aromatic heterocycles. The zero-order valence-corrected chi connectivity index (χ0v) is 15.7. The van der Waals surface area contributed by atoms with Crippen molar-refractivity contribution in [2.45, 2.75) is 25.4 Å². The summed E-state index contributed by atoms with van der Waals surface area (Å²) < 4.78 is 14.0. The first-order valence-corrected chi connectivity index (χ1v) is 9.73. The monoisotopic (exact) mass is 375 g/mol. The largest absolute Gasteiger partial charge is 0.321 e. The van der Waals surface area contributed by atoms with Crippen LogP contribution in [0.3, 0.4) is 0 Å². The molecule has 28 heavy (non-hydrogen) atoms. The highest BCUT2D eigenvalue weighted by Gasteiger charge is 2.35. The molecule has 1 fully saturated rings. The third kappa shape index (κ3) is 4.46. The molecule has 4 heteroatoms. The Bertz CT molecular complexity index is 954. The van der Waals surface area contributed by atoms with Gasteiger partial charge in [-0.15, -0.1) is 0 Å². The van der Waals surface area contributed by atoms with E-state index in [-0.39, 0.29) is 11.7 Å². The van der Waals surface area contributed by atoms with Gasteiger partial charge in [0.25, 0.3) is 5.91 Å². The standard InChI is InChI=1S/C24H23FN2O/c25-22-12-6-4-10-19(22)16-27(20-14-15-20)17-24(28)26-23-13-7-5-11-21(23)18-8-2-1-3-9-18/h1-13,20H,14-17H2,(H,26,28)/p+1. The highest BCUT2D eigenvalue weighted by Crippen LogP contribution is 2.27. The first-order chi connectivity index (χ1) is 13.7. The van der Waals surface area contributed by atoms with Gasteiger partial charge in [-0.25, -0.2) is 4.39 Å². The van der Waals surface area contributed by atoms with Gasteiger partial charge in [0.05, 0.1) is 6.04 Å². The van der Waals surface area contributed by atoms with Gasteiger partial charge >= 0.3 is 0 Å². The van der Waals surface area contributed by atoms with Crippen molar-refractivity contribution in [2.24, 2.45) is 0 Å². The van der Waals surface area contributed by atoms with Crippen LogP contribution in [0.15, 0.2) is 78.9 Å². The van der Waals surface area contributed by atoms with Crippen LogP contribution in [-0.2, 0) is 11.3 Å². The Kier molecular flexibility index (Phi) is 5.49. The highest BCUT2D eigenvalue weighted by molar-refractivity contribution is 5.96. The summed E-state index contributed by atoms with van der Waals surface area (Å²) in [5, 5.41) is 3.07. The lowest BCUT2D eigenvalue weighted by Gasteiger charge is -2.20. The molecule has 0 radical (unpaired) electrons. The van der Waals surface area contributed by atoms with Crippen molar-refractivity contribution < 1.29 is 14.1 Å². The number of benzene rings is 3. The van der Waals surface area contributed by atoms with E-state index in [2.05, 4.69) is 5.32 Å². The SMILES string of the molecule is O=C(C[NH+](Cc1ccccc1F)C1CC1)Nc1ccccc1-c1ccccc1. The Morgan fingerprint density at radius 2 is 1.61 bits per heavy atom. The van der Waals surface area contributed by atoms with Crippen LogP contribution in [0.1, 0.15) is 18.4 Å². The Hall–Kier alpha value is -2.98. The summed E-state index contributed by atoms with van der Waals surface area (Å²) in [4.78, 5) is 13.9. The average molecular weight is 375 g/mol. The second-order valence-corrected chi connectivity index (χ2v) is 7.34. The van der Waals surface area contributed by atoms with Gasteiger partial charge in [-0.1, -0.05) is 66.7 Å². The van der Waals surface area contributed by atoms with Crippen LogP contribution in [0.4, 0.5) is 10.1 Å². The fourth-order valence-electron chi connectivity index (χ4n) is 3.59. The van der Waals surface area contributed by atoms with Crippen molar-refractivity contribution in [3.8, 4) is 11.1 Å². The Balaban J connectivity index is 1.47. The molecule has 142 valence electrons. The van der Waals surface area contributed by atoms with Gasteiger partial charge in [-0.2, -0.15) is 0 Å². The number of rotatable bonds is 7. The summed E-state index contributed by atoms with van der Waals surface area (Å²) in [5.74, 6) is -0.239. The first kappa shape index (κ1) is 18.4. The molecule has 1 aliphatic carbocycles. The van der Waals surface area contributed by atoms with E-state index in [1.807, 2.05) is 60.7 Å². The van der Waals surface area contributed by atoms with Gasteiger partial charge in [-0.3, -0.25) is 4.79 Å². The molecule has 0 saturated heterocycles. The van der Waals surface area contributed by atoms with Crippen molar-refractivity contribution in [3.63, 3.8) is 0 Å². The van der Waals surface area contributed by atoms with E-state index >= 15 is 0 Å². The lowest BCUT2D eigenvalue weighted by atomic mass is 10.0. The maximum Gasteiger partial charge on any atom is 0.279 e. The lowest BCUT2D eigenvalue weighted by Crippen LogP contribution is -3.13. The fraction of sp³-hybridized carbons (Fsp3) is 0.208. The van der Waals surface area contributed by atoms with E-state index in [1.165, 1.54) is 6.07 Å². The van der Waals surface area contributed by atoms with Crippen LogP contribution in [0.5, 0.6) is 0 Å². The Morgan fingerprint density at radius 1 is 0.929 bits per heavy atom. The molecule has 3 nitrogen and oxygen atoms in total.